The van der Waals surface area contributed by atoms with Crippen molar-refractivity contribution < 1.29 is 9.59 Å². The lowest BCUT2D eigenvalue weighted by Crippen LogP contribution is -2.34. The first kappa shape index (κ1) is 17.1. The van der Waals surface area contributed by atoms with Gasteiger partial charge in [0.1, 0.15) is 0 Å². The summed E-state index contributed by atoms with van der Waals surface area (Å²) in [4.78, 5) is 34.8. The van der Waals surface area contributed by atoms with E-state index in [0.717, 1.165) is 17.1 Å². The fraction of sp³-hybridized carbons (Fsp3) is 0.368. The molecule has 2 amide bonds. The van der Waals surface area contributed by atoms with Crippen molar-refractivity contribution in [2.24, 2.45) is 5.92 Å². The molecule has 2 aromatic heterocycles. The van der Waals surface area contributed by atoms with Crippen LogP contribution in [-0.4, -0.2) is 39.8 Å². The molecule has 0 saturated carbocycles. The third kappa shape index (κ3) is 4.62. The fourth-order valence-corrected chi connectivity index (χ4v) is 2.98. The Morgan fingerprint density at radius 3 is 2.84 bits per heavy atom. The third-order valence-corrected chi connectivity index (χ3v) is 4.29. The predicted octanol–water partition coefficient (Wildman–Crippen LogP) is 1.49. The summed E-state index contributed by atoms with van der Waals surface area (Å²) >= 11 is 0. The highest BCUT2D eigenvalue weighted by atomic mass is 16.2. The lowest BCUT2D eigenvalue weighted by molar-refractivity contribution is -0.129. The van der Waals surface area contributed by atoms with E-state index < -0.39 is 0 Å². The Kier molecular flexibility index (Phi) is 5.38. The summed E-state index contributed by atoms with van der Waals surface area (Å²) in [5.41, 5.74) is 2.76. The summed E-state index contributed by atoms with van der Waals surface area (Å²) in [5, 5.41) is 2.92. The van der Waals surface area contributed by atoms with Crippen molar-refractivity contribution >= 4 is 11.8 Å². The van der Waals surface area contributed by atoms with Gasteiger partial charge in [0.05, 0.1) is 18.2 Å². The molecule has 130 valence electrons. The van der Waals surface area contributed by atoms with E-state index in [0.29, 0.717) is 26.1 Å². The lowest BCUT2D eigenvalue weighted by Gasteiger charge is -2.16. The maximum absolute atomic E-state index is 12.3. The van der Waals surface area contributed by atoms with Gasteiger partial charge in [-0.15, -0.1) is 0 Å². The van der Waals surface area contributed by atoms with E-state index >= 15 is 0 Å². The van der Waals surface area contributed by atoms with Gasteiger partial charge in [0.15, 0.2) is 0 Å². The zero-order valence-corrected chi connectivity index (χ0v) is 14.3. The zero-order valence-electron chi connectivity index (χ0n) is 14.3. The van der Waals surface area contributed by atoms with E-state index in [-0.39, 0.29) is 24.2 Å². The van der Waals surface area contributed by atoms with Crippen LogP contribution < -0.4 is 5.32 Å². The van der Waals surface area contributed by atoms with Gasteiger partial charge in [-0.25, -0.2) is 0 Å². The van der Waals surface area contributed by atoms with Crippen molar-refractivity contribution in [1.82, 2.24) is 20.2 Å². The Morgan fingerprint density at radius 2 is 2.08 bits per heavy atom. The molecule has 0 spiro atoms. The number of amides is 2. The van der Waals surface area contributed by atoms with Gasteiger partial charge in [-0.3, -0.25) is 19.6 Å². The number of carbonyl (C=O) groups is 2. The minimum Gasteiger partial charge on any atom is -0.355 e. The molecular formula is C19H22N4O2. The average molecular weight is 338 g/mol. The smallest absolute Gasteiger partial charge is 0.225 e. The highest BCUT2D eigenvalue weighted by Gasteiger charge is 2.34. The Hall–Kier alpha value is -2.76. The van der Waals surface area contributed by atoms with Crippen LogP contribution in [0.1, 0.15) is 23.5 Å². The summed E-state index contributed by atoms with van der Waals surface area (Å²) < 4.78 is 0. The molecule has 6 heteroatoms. The minimum absolute atomic E-state index is 0.00570. The van der Waals surface area contributed by atoms with Crippen LogP contribution in [0.25, 0.3) is 0 Å². The van der Waals surface area contributed by atoms with Crippen LogP contribution in [0, 0.1) is 12.8 Å². The van der Waals surface area contributed by atoms with Crippen molar-refractivity contribution in [2.75, 3.05) is 13.1 Å². The Labute approximate surface area is 147 Å². The topological polar surface area (TPSA) is 75.2 Å². The largest absolute Gasteiger partial charge is 0.355 e. The van der Waals surface area contributed by atoms with Gasteiger partial charge in [-0.1, -0.05) is 12.1 Å². The summed E-state index contributed by atoms with van der Waals surface area (Å²) in [6.45, 7) is 3.38. The van der Waals surface area contributed by atoms with Gasteiger partial charge >= 0.3 is 0 Å². The maximum Gasteiger partial charge on any atom is 0.225 e. The fourth-order valence-electron chi connectivity index (χ4n) is 2.98. The normalized spacial score (nSPS) is 16.9. The molecule has 0 aliphatic carbocycles. The number of aromatic nitrogens is 2. The van der Waals surface area contributed by atoms with Crippen molar-refractivity contribution in [3.63, 3.8) is 0 Å². The summed E-state index contributed by atoms with van der Waals surface area (Å²) in [6, 6.07) is 11.5. The molecule has 0 aromatic carbocycles. The first-order valence-corrected chi connectivity index (χ1v) is 8.50. The highest BCUT2D eigenvalue weighted by Crippen LogP contribution is 2.19. The molecule has 0 bridgehead atoms. The van der Waals surface area contributed by atoms with Crippen LogP contribution in [0.4, 0.5) is 0 Å². The van der Waals surface area contributed by atoms with Crippen LogP contribution in [-0.2, 0) is 22.6 Å². The van der Waals surface area contributed by atoms with E-state index in [1.54, 1.807) is 11.1 Å². The molecule has 3 rings (SSSR count). The second-order valence-corrected chi connectivity index (χ2v) is 6.31. The number of nitrogens with one attached hydrogen (secondary N) is 1. The van der Waals surface area contributed by atoms with Crippen molar-refractivity contribution in [2.45, 2.75) is 26.3 Å². The van der Waals surface area contributed by atoms with Crippen LogP contribution >= 0.6 is 0 Å². The summed E-state index contributed by atoms with van der Waals surface area (Å²) in [7, 11) is 0. The number of aryl methyl sites for hydroxylation is 1. The summed E-state index contributed by atoms with van der Waals surface area (Å²) in [5.74, 6) is -0.350. The molecule has 3 heterocycles. The lowest BCUT2D eigenvalue weighted by atomic mass is 10.1. The van der Waals surface area contributed by atoms with E-state index in [1.807, 2.05) is 43.3 Å². The monoisotopic (exact) mass is 338 g/mol. The molecule has 1 aliphatic heterocycles. The second-order valence-electron chi connectivity index (χ2n) is 6.31. The number of hydrogen-bond donors (Lipinski definition) is 1. The minimum atomic E-state index is -0.290. The van der Waals surface area contributed by atoms with E-state index in [9.17, 15) is 9.59 Å². The third-order valence-electron chi connectivity index (χ3n) is 4.29. The number of carbonyl (C=O) groups excluding carboxylic acids is 2. The quantitative estimate of drug-likeness (QED) is 0.866. The summed E-state index contributed by atoms with van der Waals surface area (Å²) in [6.07, 6.45) is 2.66. The molecule has 6 nitrogen and oxygen atoms in total. The van der Waals surface area contributed by atoms with Crippen molar-refractivity contribution in [3.05, 3.63) is 59.7 Å². The van der Waals surface area contributed by atoms with Gasteiger partial charge in [0.2, 0.25) is 11.8 Å². The highest BCUT2D eigenvalue weighted by molar-refractivity contribution is 5.89. The van der Waals surface area contributed by atoms with Gasteiger partial charge in [-0.05, 0) is 31.2 Å². The first-order valence-electron chi connectivity index (χ1n) is 8.50. The maximum atomic E-state index is 12.3. The Morgan fingerprint density at radius 1 is 1.24 bits per heavy atom. The van der Waals surface area contributed by atoms with Gasteiger partial charge in [-0.2, -0.15) is 0 Å². The molecule has 1 saturated heterocycles. The van der Waals surface area contributed by atoms with Gasteiger partial charge in [0.25, 0.3) is 0 Å². The van der Waals surface area contributed by atoms with Crippen LogP contribution in [0.3, 0.4) is 0 Å². The van der Waals surface area contributed by atoms with Gasteiger partial charge in [0, 0.05) is 43.5 Å². The Balaban J connectivity index is 1.47. The molecule has 0 unspecified atom stereocenters. The molecule has 25 heavy (non-hydrogen) atoms. The standard InChI is InChI=1S/C19H22N4O2/c1-14-5-4-7-16(22-14)8-10-21-19(25)15-11-18(24)23(12-15)13-17-6-2-3-9-20-17/h2-7,9,15H,8,10-13H2,1H3,(H,21,25)/t15-/m0/s1. The number of pyridine rings is 2. The predicted molar refractivity (Wildman–Crippen MR) is 93.4 cm³/mol. The van der Waals surface area contributed by atoms with Crippen LogP contribution in [0.2, 0.25) is 0 Å². The zero-order chi connectivity index (χ0) is 17.6. The van der Waals surface area contributed by atoms with Crippen molar-refractivity contribution in [3.8, 4) is 0 Å². The van der Waals surface area contributed by atoms with E-state index in [1.165, 1.54) is 0 Å². The molecule has 1 N–H and O–H groups in total. The molecule has 1 aliphatic rings. The first-order chi connectivity index (χ1) is 12.1. The van der Waals surface area contributed by atoms with E-state index in [4.69, 9.17) is 0 Å². The molecular weight excluding hydrogens is 316 g/mol. The Bertz CT molecular complexity index is 748. The average Bonchev–Trinajstić information content (AvgIpc) is 2.97. The van der Waals surface area contributed by atoms with Crippen LogP contribution in [0.5, 0.6) is 0 Å². The van der Waals surface area contributed by atoms with Gasteiger partial charge < -0.3 is 10.2 Å². The number of likely N-dealkylation sites (tertiary alicyclic amines) is 1. The second kappa shape index (κ2) is 7.88. The van der Waals surface area contributed by atoms with Crippen molar-refractivity contribution in [1.29, 1.82) is 0 Å². The van der Waals surface area contributed by atoms with Crippen LogP contribution in [0.15, 0.2) is 42.6 Å². The number of rotatable bonds is 6. The molecule has 0 radical (unpaired) electrons. The molecule has 1 atom stereocenters. The number of nitrogens with zero attached hydrogens (tertiary/aromatic N) is 3. The molecule has 2 aromatic rings. The number of hydrogen-bond acceptors (Lipinski definition) is 4. The molecule has 1 fully saturated rings. The SMILES string of the molecule is Cc1cccc(CCNC(=O)[C@H]2CC(=O)N(Cc3ccccn3)C2)n1. The van der Waals surface area contributed by atoms with E-state index in [2.05, 4.69) is 15.3 Å².